The quantitative estimate of drug-likeness (QED) is 0.00528. The Balaban J connectivity index is 0.802. The Hall–Kier alpha value is -10.5. The van der Waals surface area contributed by atoms with Crippen LogP contribution in [0.4, 0.5) is 21.9 Å². The number of methoxy groups -OCH3 is 1. The number of hydroxylamine groups is 2. The number of phenols is 2. The van der Waals surface area contributed by atoms with Gasteiger partial charge in [0.15, 0.2) is 11.3 Å². The predicted molar refractivity (Wildman–Crippen MR) is 403 cm³/mol. The summed E-state index contributed by atoms with van der Waals surface area (Å²) in [4.78, 5) is 147. The molecule has 7 aliphatic rings. The number of Topliss-reactive ketones (excluding diaryl/α,β-unsaturated/α-hetero) is 1. The molecule has 3 aromatic rings. The molecule has 0 saturated carbocycles. The molecular formula is C79H99N11O18. The second kappa shape index (κ2) is 34.6. The lowest BCUT2D eigenvalue weighted by Crippen LogP contribution is -2.54. The molecule has 2 saturated heterocycles. The third-order valence-corrected chi connectivity index (χ3v) is 20.8. The van der Waals surface area contributed by atoms with Crippen LogP contribution in [0.15, 0.2) is 93.9 Å². The maximum atomic E-state index is 15.2. The Morgan fingerprint density at radius 2 is 1.61 bits per heavy atom. The smallest absolute Gasteiger partial charge is 0.312 e. The average molecular weight is 1490 g/mol. The zero-order valence-corrected chi connectivity index (χ0v) is 63.0. The molecule has 0 aromatic heterocycles. The summed E-state index contributed by atoms with van der Waals surface area (Å²) in [6.07, 6.45) is 14.1. The number of urea groups is 1. The summed E-state index contributed by atoms with van der Waals surface area (Å²) >= 11 is 0. The molecule has 2 fully saturated rings. The van der Waals surface area contributed by atoms with E-state index < -0.39 is 82.7 Å². The number of esters is 1. The molecule has 10 N–H and O–H groups in total. The van der Waals surface area contributed by atoms with E-state index in [1.807, 2.05) is 24.8 Å². The number of aromatic nitrogens is 1. The SMILES string of the molecule is CO[C@H]1/C=C/O[C@@]2(C)Oc3c(C)c(O)c4c(=O)c(c5oc6cc(N7CCC(C(=N)C8CN8OCc8ccc(NC(=O)[C@H](CCCNC(N)=O)NC(=O)[C@@H](NC(=O)CCCCCN9C(=O)C=CC9=O)C(C)C)cc8)CC7)cc(O)c6nc-5c4c3C2=O)NC(=O)/C(C)=C\C=C\[C@H](C)C[C@@H](C)C[C@@H](C)[C@H](OC(C)=O)[C@@H]1C. The maximum absolute atomic E-state index is 15.2. The van der Waals surface area contributed by atoms with Gasteiger partial charge < -0.3 is 76.2 Å². The zero-order valence-electron chi connectivity index (χ0n) is 63.0. The van der Waals surface area contributed by atoms with Crippen molar-refractivity contribution in [3.05, 3.63) is 112 Å². The van der Waals surface area contributed by atoms with Crippen LogP contribution in [0, 0.1) is 47.8 Å². The van der Waals surface area contributed by atoms with Crippen LogP contribution in [-0.4, -0.2) is 160 Å². The number of allylic oxidation sites excluding steroid dienone is 3. The van der Waals surface area contributed by atoms with E-state index in [1.54, 1.807) is 74.4 Å². The van der Waals surface area contributed by atoms with Gasteiger partial charge in [-0.15, -0.1) is 0 Å². The van der Waals surface area contributed by atoms with Crippen LogP contribution in [-0.2, 0) is 59.2 Å². The minimum atomic E-state index is -2.08. The van der Waals surface area contributed by atoms with Gasteiger partial charge in [0, 0.05) is 130 Å². The van der Waals surface area contributed by atoms with Crippen molar-refractivity contribution in [2.75, 3.05) is 55.4 Å². The second-order valence-corrected chi connectivity index (χ2v) is 29.6. The van der Waals surface area contributed by atoms with Gasteiger partial charge in [0.2, 0.25) is 23.2 Å². The average Bonchev–Trinajstić information content (AvgIpc) is 1.33. The number of phenolic OH excluding ortho intramolecular Hbond substituents is 2. The Kier molecular flexibility index (Phi) is 25.6. The first kappa shape index (κ1) is 80.0. The Bertz CT molecular complexity index is 4440. The minimum Gasteiger partial charge on any atom is -0.507 e. The molecule has 578 valence electrons. The van der Waals surface area contributed by atoms with Crippen LogP contribution in [0.1, 0.15) is 148 Å². The molecule has 11 atom stereocenters. The number of aromatic hydroxyl groups is 2. The van der Waals surface area contributed by atoms with E-state index in [0.717, 1.165) is 16.9 Å². The van der Waals surface area contributed by atoms with Crippen molar-refractivity contribution < 1.29 is 81.6 Å². The number of carbonyl (C=O) groups is 9. The molecule has 1 aliphatic carbocycles. The van der Waals surface area contributed by atoms with Crippen LogP contribution < -0.4 is 47.4 Å². The van der Waals surface area contributed by atoms with Crippen LogP contribution in [0.25, 0.3) is 33.3 Å². The highest BCUT2D eigenvalue weighted by molar-refractivity contribution is 6.22. The van der Waals surface area contributed by atoms with Crippen LogP contribution in [0.3, 0.4) is 0 Å². The number of benzene rings is 4. The molecule has 0 spiro atoms. The number of imide groups is 1. The zero-order chi connectivity index (χ0) is 78.2. The maximum Gasteiger partial charge on any atom is 0.312 e. The number of nitrogens with two attached hydrogens (primary N) is 1. The summed E-state index contributed by atoms with van der Waals surface area (Å²) in [7, 11) is 1.51. The standard InChI is InChI=1S/C79H99N11O18/c1-41(2)65(85-58(93)20-13-12-14-31-89-59(94)25-26-60(89)95)77(101)84-53(19-16-30-82-78(81)102)76(100)83-51-23-21-49(22-24-51)40-105-90-39-54(90)64(80)50-27-32-88(33-28-50)52-37-55(92)66-57(38-52)107-73-67(86-66)61-62-69(96)47(8)72-63(61)74(98)79(10,108-72)104-34-29-56(103-11)46(7)71(106-48(9)91)45(6)36-43(4)35-42(3)17-15-18-44(5)75(99)87-68(73)70(62)97/h15,17-18,21-26,29,34,37-38,41-43,45-46,50,53-54,56,65,71,80,92,96H,12-14,16,19-20,27-28,30-33,35-36,39-40H2,1-11H3,(H,83,100)(H,84,101)(H,85,93)(H,87,99)(H3,81,82,102)/b17-15+,34-29+,44-18-,80-64?/t42-,43+,45+,46+,53-,54?,56-,65-,71-,79-,90?/m0/s1. The van der Waals surface area contributed by atoms with Gasteiger partial charge in [-0.3, -0.25) is 52.9 Å². The Morgan fingerprint density at radius 3 is 2.29 bits per heavy atom. The van der Waals surface area contributed by atoms with Gasteiger partial charge >= 0.3 is 17.8 Å². The van der Waals surface area contributed by atoms with E-state index in [4.69, 9.17) is 38.9 Å². The first-order valence-electron chi connectivity index (χ1n) is 36.9. The highest BCUT2D eigenvalue weighted by Gasteiger charge is 2.51. The number of primary amides is 1. The number of anilines is 3. The minimum absolute atomic E-state index is 0.0205. The summed E-state index contributed by atoms with van der Waals surface area (Å²) in [5.41, 5.74) is 6.11. The van der Waals surface area contributed by atoms with Crippen molar-refractivity contribution in [3.63, 3.8) is 0 Å². The van der Waals surface area contributed by atoms with E-state index in [1.165, 1.54) is 52.4 Å². The van der Waals surface area contributed by atoms with Crippen LogP contribution in [0.2, 0.25) is 0 Å². The lowest BCUT2D eigenvalue weighted by atomic mass is 9.82. The number of carbonyl (C=O) groups excluding carboxylic acids is 9. The molecule has 3 aromatic carbocycles. The number of fused-ring (bicyclic) bond motifs is 2. The fraction of sp³-hybridized carbons (Fsp3) is 0.494. The van der Waals surface area contributed by atoms with Gasteiger partial charge in [0.05, 0.1) is 36.0 Å². The molecule has 29 heteroatoms. The van der Waals surface area contributed by atoms with Crippen molar-refractivity contribution in [2.24, 2.45) is 41.2 Å². The van der Waals surface area contributed by atoms with E-state index in [2.05, 4.69) is 40.4 Å². The van der Waals surface area contributed by atoms with Crippen LogP contribution >= 0.6 is 0 Å². The van der Waals surface area contributed by atoms with Crippen molar-refractivity contribution in [2.45, 2.75) is 176 Å². The van der Waals surface area contributed by atoms with Crippen molar-refractivity contribution in [3.8, 4) is 28.7 Å². The largest absolute Gasteiger partial charge is 0.507 e. The number of ether oxygens (including phenoxy) is 4. The number of hydrogen-bond donors (Lipinski definition) is 9. The van der Waals surface area contributed by atoms with Gasteiger partial charge in [-0.05, 0) is 113 Å². The lowest BCUT2D eigenvalue weighted by molar-refractivity contribution is -0.155. The molecule has 108 heavy (non-hydrogen) atoms. The molecule has 6 heterocycles. The predicted octanol–water partition coefficient (Wildman–Crippen LogP) is 9.26. The van der Waals surface area contributed by atoms with Gasteiger partial charge in [-0.1, -0.05) is 78.3 Å². The molecule has 29 nitrogen and oxygen atoms in total. The molecule has 4 bridgehead atoms. The molecule has 2 unspecified atom stereocenters. The first-order valence-corrected chi connectivity index (χ1v) is 36.9. The number of ketones is 1. The number of nitrogens with one attached hydrogen (secondary N) is 6. The van der Waals surface area contributed by atoms with Crippen molar-refractivity contribution in [1.82, 2.24) is 30.9 Å². The van der Waals surface area contributed by atoms with E-state index in [0.29, 0.717) is 75.2 Å². The first-order chi connectivity index (χ1) is 51.4. The third-order valence-electron chi connectivity index (χ3n) is 20.8. The van der Waals surface area contributed by atoms with Gasteiger partial charge in [-0.25, -0.2) is 9.78 Å². The number of unbranched alkanes of at least 4 members (excludes halogenated alkanes) is 2. The number of rotatable bonds is 24. The van der Waals surface area contributed by atoms with Gasteiger partial charge in [0.1, 0.15) is 52.3 Å². The van der Waals surface area contributed by atoms with Crippen molar-refractivity contribution in [1.29, 1.82) is 5.41 Å². The molecule has 0 radical (unpaired) electrons. The number of piperidine rings is 1. The topological polar surface area (TPSA) is 403 Å². The van der Waals surface area contributed by atoms with E-state index >= 15 is 9.59 Å². The van der Waals surface area contributed by atoms with E-state index in [-0.39, 0.29) is 160 Å². The third kappa shape index (κ3) is 18.5. The summed E-state index contributed by atoms with van der Waals surface area (Å²) in [5, 5.41) is 48.2. The van der Waals surface area contributed by atoms with Gasteiger partial charge in [0.25, 0.3) is 23.5 Å². The highest BCUT2D eigenvalue weighted by Crippen LogP contribution is 2.51. The second-order valence-electron chi connectivity index (χ2n) is 29.6. The number of nitrogens with zero attached hydrogens (tertiary/aromatic N) is 4. The van der Waals surface area contributed by atoms with Gasteiger partial charge in [-0.2, -0.15) is 5.06 Å². The normalized spacial score (nSPS) is 24.4. The van der Waals surface area contributed by atoms with Crippen LogP contribution in [0.5, 0.6) is 17.2 Å². The molecule has 10 rings (SSSR count). The Morgan fingerprint density at radius 1 is 0.898 bits per heavy atom. The molecule has 8 amide bonds. The molecule has 6 aliphatic heterocycles. The summed E-state index contributed by atoms with van der Waals surface area (Å²) in [5.74, 6) is -8.10. The van der Waals surface area contributed by atoms with Crippen molar-refractivity contribution >= 4 is 97.9 Å². The van der Waals surface area contributed by atoms with E-state index in [9.17, 15) is 54.0 Å². The summed E-state index contributed by atoms with van der Waals surface area (Å²) < 4.78 is 31.0. The fourth-order valence-corrected chi connectivity index (χ4v) is 14.8. The Labute approximate surface area is 626 Å². The summed E-state index contributed by atoms with van der Waals surface area (Å²) in [6, 6.07) is 7.08. The number of amides is 8. The molecular weight excluding hydrogens is 1390 g/mol. The fourth-order valence-electron chi connectivity index (χ4n) is 14.8. The number of hydrogen-bond acceptors (Lipinski definition) is 22. The highest BCUT2D eigenvalue weighted by atomic mass is 16.7. The monoisotopic (exact) mass is 1490 g/mol. The summed E-state index contributed by atoms with van der Waals surface area (Å²) in [6.45, 7) is 19.5. The lowest BCUT2D eigenvalue weighted by Gasteiger charge is -2.34.